The Labute approximate surface area is 124 Å². The monoisotopic (exact) mass is 299 g/mol. The van der Waals surface area contributed by atoms with Crippen molar-refractivity contribution in [3.05, 3.63) is 29.3 Å². The van der Waals surface area contributed by atoms with E-state index in [2.05, 4.69) is 28.9 Å². The Morgan fingerprint density at radius 2 is 2.10 bits per heavy atom. The van der Waals surface area contributed by atoms with Crippen LogP contribution in [0, 0.1) is 12.8 Å². The zero-order valence-electron chi connectivity index (χ0n) is 12.7. The first kappa shape index (κ1) is 17.2. The van der Waals surface area contributed by atoms with Gasteiger partial charge >= 0.3 is 6.61 Å². The van der Waals surface area contributed by atoms with Gasteiger partial charge in [-0.1, -0.05) is 31.5 Å². The van der Waals surface area contributed by atoms with E-state index >= 15 is 0 Å². The van der Waals surface area contributed by atoms with Gasteiger partial charge in [0.1, 0.15) is 5.75 Å². The second kappa shape index (κ2) is 8.44. The summed E-state index contributed by atoms with van der Waals surface area (Å²) in [5, 5.41) is 3.00. The number of nitrogens with zero attached hydrogens (tertiary/aromatic N) is 1. The maximum absolute atomic E-state index is 12.3. The van der Waals surface area contributed by atoms with Gasteiger partial charge in [0.2, 0.25) is 0 Å². The van der Waals surface area contributed by atoms with Gasteiger partial charge in [0.05, 0.1) is 6.54 Å². The molecule has 0 atom stereocenters. The zero-order valence-corrected chi connectivity index (χ0v) is 12.7. The molecular weight excluding hydrogens is 276 g/mol. The van der Waals surface area contributed by atoms with E-state index in [4.69, 9.17) is 5.73 Å². The van der Waals surface area contributed by atoms with Crippen LogP contribution in [0.15, 0.2) is 23.2 Å². The summed E-state index contributed by atoms with van der Waals surface area (Å²) >= 11 is 0. The van der Waals surface area contributed by atoms with Crippen molar-refractivity contribution in [2.75, 3.05) is 6.54 Å². The minimum atomic E-state index is -2.85. The molecule has 0 bridgehead atoms. The van der Waals surface area contributed by atoms with Gasteiger partial charge in [-0.2, -0.15) is 8.78 Å². The van der Waals surface area contributed by atoms with Gasteiger partial charge in [-0.15, -0.1) is 0 Å². The quantitative estimate of drug-likeness (QED) is 0.601. The molecular formula is C15H23F2N3O. The van der Waals surface area contributed by atoms with E-state index in [0.717, 1.165) is 18.5 Å². The Kier molecular flexibility index (Phi) is 6.91. The molecule has 118 valence electrons. The molecule has 0 saturated heterocycles. The third-order valence-corrected chi connectivity index (χ3v) is 2.88. The van der Waals surface area contributed by atoms with Crippen molar-refractivity contribution >= 4 is 5.96 Å². The maximum atomic E-state index is 12.3. The Bertz CT molecular complexity index is 476. The number of nitrogens with one attached hydrogen (secondary N) is 1. The van der Waals surface area contributed by atoms with Crippen LogP contribution in [0.1, 0.15) is 31.4 Å². The Hall–Kier alpha value is -1.85. The molecule has 0 aromatic heterocycles. The summed E-state index contributed by atoms with van der Waals surface area (Å²) in [5.74, 6) is 1.02. The number of rotatable bonds is 7. The lowest BCUT2D eigenvalue weighted by atomic mass is 10.1. The van der Waals surface area contributed by atoms with Crippen LogP contribution in [0.2, 0.25) is 0 Å². The van der Waals surface area contributed by atoms with E-state index in [1.807, 2.05) is 6.92 Å². The van der Waals surface area contributed by atoms with Crippen LogP contribution < -0.4 is 15.8 Å². The van der Waals surface area contributed by atoms with E-state index in [0.29, 0.717) is 17.4 Å². The molecule has 0 radical (unpaired) electrons. The molecule has 1 rings (SSSR count). The van der Waals surface area contributed by atoms with Crippen LogP contribution in [-0.4, -0.2) is 19.1 Å². The molecule has 0 saturated carbocycles. The normalized spacial score (nSPS) is 12.0. The number of benzene rings is 1. The van der Waals surface area contributed by atoms with Crippen LogP contribution in [0.5, 0.6) is 5.75 Å². The van der Waals surface area contributed by atoms with Crippen molar-refractivity contribution in [1.29, 1.82) is 0 Å². The summed E-state index contributed by atoms with van der Waals surface area (Å²) in [6, 6.07) is 5.01. The summed E-state index contributed by atoms with van der Waals surface area (Å²) in [5.41, 5.74) is 7.29. The predicted octanol–water partition coefficient (Wildman–Crippen LogP) is 3.05. The highest BCUT2D eigenvalue weighted by Gasteiger charge is 2.09. The van der Waals surface area contributed by atoms with Crippen LogP contribution >= 0.6 is 0 Å². The fourth-order valence-corrected chi connectivity index (χ4v) is 1.76. The summed E-state index contributed by atoms with van der Waals surface area (Å²) in [6.45, 7) is 4.21. The summed E-state index contributed by atoms with van der Waals surface area (Å²) < 4.78 is 29.2. The molecule has 0 aliphatic carbocycles. The molecule has 0 spiro atoms. The molecule has 0 aliphatic rings. The number of nitrogens with two attached hydrogens (primary N) is 1. The van der Waals surface area contributed by atoms with Crippen molar-refractivity contribution < 1.29 is 13.5 Å². The van der Waals surface area contributed by atoms with Gasteiger partial charge < -0.3 is 15.8 Å². The lowest BCUT2D eigenvalue weighted by molar-refractivity contribution is -0.0504. The van der Waals surface area contributed by atoms with Gasteiger partial charge in [0, 0.05) is 12.1 Å². The first-order valence-corrected chi connectivity index (χ1v) is 6.96. The number of alkyl halides is 2. The van der Waals surface area contributed by atoms with Gasteiger partial charge in [-0.25, -0.2) is 4.99 Å². The number of hydrogen-bond acceptors (Lipinski definition) is 2. The minimum absolute atomic E-state index is 0.134. The number of hydrogen-bond donors (Lipinski definition) is 2. The molecule has 3 N–H and O–H groups in total. The van der Waals surface area contributed by atoms with Crippen LogP contribution in [0.3, 0.4) is 0 Å². The van der Waals surface area contributed by atoms with Gasteiger partial charge in [0.25, 0.3) is 0 Å². The Morgan fingerprint density at radius 1 is 1.38 bits per heavy atom. The van der Waals surface area contributed by atoms with E-state index < -0.39 is 6.61 Å². The smallest absolute Gasteiger partial charge is 0.387 e. The molecule has 0 unspecified atom stereocenters. The standard InChI is InChI=1S/C15H23F2N3O/c1-10(2)6-7-19-15(18)20-9-12-8-11(3)4-5-13(12)21-14(16)17/h4-5,8,10,14H,6-7,9H2,1-3H3,(H3,18,19,20). The van der Waals surface area contributed by atoms with Crippen LogP contribution in [-0.2, 0) is 6.54 Å². The summed E-state index contributed by atoms with van der Waals surface area (Å²) in [4.78, 5) is 4.16. The van der Waals surface area contributed by atoms with Crippen molar-refractivity contribution in [3.8, 4) is 5.75 Å². The molecule has 6 heteroatoms. The first-order valence-electron chi connectivity index (χ1n) is 6.96. The molecule has 0 fully saturated rings. The van der Waals surface area contributed by atoms with Gasteiger partial charge in [0.15, 0.2) is 5.96 Å². The molecule has 4 nitrogen and oxygen atoms in total. The van der Waals surface area contributed by atoms with Crippen molar-refractivity contribution in [2.45, 2.75) is 40.3 Å². The fraction of sp³-hybridized carbons (Fsp3) is 0.533. The number of halogens is 2. The lowest BCUT2D eigenvalue weighted by Crippen LogP contribution is -2.32. The number of aliphatic imine (C=N–C) groups is 1. The molecule has 0 heterocycles. The fourth-order valence-electron chi connectivity index (χ4n) is 1.76. The largest absolute Gasteiger partial charge is 0.434 e. The molecule has 21 heavy (non-hydrogen) atoms. The zero-order chi connectivity index (χ0) is 15.8. The van der Waals surface area contributed by atoms with Crippen LogP contribution in [0.25, 0.3) is 0 Å². The third-order valence-electron chi connectivity index (χ3n) is 2.88. The first-order chi connectivity index (χ1) is 9.88. The Morgan fingerprint density at radius 3 is 2.71 bits per heavy atom. The van der Waals surface area contributed by atoms with Crippen molar-refractivity contribution in [3.63, 3.8) is 0 Å². The van der Waals surface area contributed by atoms with Crippen LogP contribution in [0.4, 0.5) is 8.78 Å². The summed E-state index contributed by atoms with van der Waals surface area (Å²) in [6.07, 6.45) is 0.987. The topological polar surface area (TPSA) is 59.6 Å². The maximum Gasteiger partial charge on any atom is 0.387 e. The average Bonchev–Trinajstić information content (AvgIpc) is 2.38. The number of guanidine groups is 1. The molecule has 0 aliphatic heterocycles. The highest BCUT2D eigenvalue weighted by Crippen LogP contribution is 2.22. The number of aryl methyl sites for hydroxylation is 1. The second-order valence-corrected chi connectivity index (χ2v) is 5.30. The summed E-state index contributed by atoms with van der Waals surface area (Å²) in [7, 11) is 0. The third kappa shape index (κ3) is 6.92. The van der Waals surface area contributed by atoms with Gasteiger partial charge in [-0.3, -0.25) is 0 Å². The van der Waals surface area contributed by atoms with E-state index in [9.17, 15) is 8.78 Å². The highest BCUT2D eigenvalue weighted by atomic mass is 19.3. The highest BCUT2D eigenvalue weighted by molar-refractivity contribution is 5.77. The SMILES string of the molecule is Cc1ccc(OC(F)F)c(CN=C(N)NCCC(C)C)c1. The Balaban J connectivity index is 2.66. The van der Waals surface area contributed by atoms with E-state index in [1.165, 1.54) is 6.07 Å². The second-order valence-electron chi connectivity index (χ2n) is 5.30. The van der Waals surface area contributed by atoms with Crippen molar-refractivity contribution in [1.82, 2.24) is 5.32 Å². The molecule has 1 aromatic rings. The van der Waals surface area contributed by atoms with E-state index in [-0.39, 0.29) is 12.3 Å². The predicted molar refractivity (Wildman–Crippen MR) is 80.6 cm³/mol. The van der Waals surface area contributed by atoms with Gasteiger partial charge in [-0.05, 0) is 25.3 Å². The molecule has 0 amide bonds. The van der Waals surface area contributed by atoms with Crippen molar-refractivity contribution in [2.24, 2.45) is 16.6 Å². The lowest BCUT2D eigenvalue weighted by Gasteiger charge is -2.11. The molecule has 1 aromatic carbocycles. The number of ether oxygens (including phenoxy) is 1. The average molecular weight is 299 g/mol. The minimum Gasteiger partial charge on any atom is -0.434 e. The van der Waals surface area contributed by atoms with E-state index in [1.54, 1.807) is 12.1 Å².